The van der Waals surface area contributed by atoms with E-state index in [0.29, 0.717) is 0 Å². The Morgan fingerprint density at radius 2 is 1.90 bits per heavy atom. The van der Waals surface area contributed by atoms with E-state index in [2.05, 4.69) is 17.0 Å². The maximum Gasteiger partial charge on any atom is 0.573 e. The van der Waals surface area contributed by atoms with Crippen LogP contribution in [0.1, 0.15) is 38.3 Å². The predicted octanol–water partition coefficient (Wildman–Crippen LogP) is 3.80. The van der Waals surface area contributed by atoms with Gasteiger partial charge in [-0.15, -0.1) is 13.2 Å². The molecule has 3 atom stereocenters. The summed E-state index contributed by atoms with van der Waals surface area (Å²) < 4.78 is 45.8. The van der Waals surface area contributed by atoms with Crippen molar-refractivity contribution in [2.45, 2.75) is 51.2 Å². The Morgan fingerprint density at radius 3 is 2.43 bits per heavy atom. The average molecular weight is 303 g/mol. The lowest BCUT2D eigenvalue weighted by molar-refractivity contribution is -0.274. The summed E-state index contributed by atoms with van der Waals surface area (Å²) in [5.41, 5.74) is 0.911. The molecule has 1 aliphatic rings. The average Bonchev–Trinajstić information content (AvgIpc) is 2.91. The van der Waals surface area contributed by atoms with Crippen molar-refractivity contribution in [3.63, 3.8) is 0 Å². The zero-order valence-corrected chi connectivity index (χ0v) is 12.1. The lowest BCUT2D eigenvalue weighted by Crippen LogP contribution is -2.38. The van der Waals surface area contributed by atoms with Crippen molar-refractivity contribution in [2.75, 3.05) is 6.61 Å². The third-order valence-corrected chi connectivity index (χ3v) is 3.65. The summed E-state index contributed by atoms with van der Waals surface area (Å²) in [4.78, 5) is 0. The maximum atomic E-state index is 12.1. The van der Waals surface area contributed by atoms with Gasteiger partial charge in [-0.2, -0.15) is 0 Å². The van der Waals surface area contributed by atoms with Crippen LogP contribution in [0.15, 0.2) is 24.3 Å². The first kappa shape index (κ1) is 16.1. The third-order valence-electron chi connectivity index (χ3n) is 3.65. The summed E-state index contributed by atoms with van der Waals surface area (Å²) in [7, 11) is 0. The molecule has 1 aromatic rings. The van der Waals surface area contributed by atoms with Gasteiger partial charge in [0.05, 0.1) is 6.10 Å². The summed E-state index contributed by atoms with van der Waals surface area (Å²) in [6, 6.07) is 6.18. The lowest BCUT2D eigenvalue weighted by atomic mass is 10.0. The van der Waals surface area contributed by atoms with Crippen molar-refractivity contribution in [3.05, 3.63) is 29.8 Å². The fourth-order valence-corrected chi connectivity index (χ4v) is 2.55. The molecule has 0 bridgehead atoms. The Bertz CT molecular complexity index is 441. The molecule has 0 amide bonds. The molecule has 118 valence electrons. The number of alkyl halides is 3. The molecule has 21 heavy (non-hydrogen) atoms. The maximum absolute atomic E-state index is 12.1. The van der Waals surface area contributed by atoms with E-state index in [9.17, 15) is 13.2 Å². The van der Waals surface area contributed by atoms with Gasteiger partial charge in [-0.3, -0.25) is 0 Å². The van der Waals surface area contributed by atoms with Gasteiger partial charge in [0.15, 0.2) is 0 Å². The Labute approximate surface area is 122 Å². The largest absolute Gasteiger partial charge is 0.573 e. The van der Waals surface area contributed by atoms with Gasteiger partial charge in [0.25, 0.3) is 0 Å². The van der Waals surface area contributed by atoms with Crippen molar-refractivity contribution < 1.29 is 22.6 Å². The van der Waals surface area contributed by atoms with Crippen LogP contribution in [0.25, 0.3) is 0 Å². The fraction of sp³-hybridized carbons (Fsp3) is 0.600. The van der Waals surface area contributed by atoms with Gasteiger partial charge in [0.2, 0.25) is 0 Å². The molecule has 1 saturated heterocycles. The Balaban J connectivity index is 1.91. The number of ether oxygens (including phenoxy) is 2. The second-order valence-corrected chi connectivity index (χ2v) is 5.35. The van der Waals surface area contributed by atoms with Crippen LogP contribution in [0, 0.1) is 0 Å². The zero-order valence-electron chi connectivity index (χ0n) is 12.1. The van der Waals surface area contributed by atoms with E-state index in [0.717, 1.165) is 25.0 Å². The Hall–Kier alpha value is -1.27. The van der Waals surface area contributed by atoms with E-state index >= 15 is 0 Å². The highest BCUT2D eigenvalue weighted by atomic mass is 19.4. The van der Waals surface area contributed by atoms with E-state index in [1.165, 1.54) is 12.1 Å². The molecule has 3 unspecified atom stereocenters. The van der Waals surface area contributed by atoms with Crippen molar-refractivity contribution in [1.29, 1.82) is 0 Å². The molecule has 1 fully saturated rings. The number of nitrogens with one attached hydrogen (secondary N) is 1. The number of hydrogen-bond donors (Lipinski definition) is 1. The molecule has 0 saturated carbocycles. The number of rotatable bonds is 5. The van der Waals surface area contributed by atoms with Crippen molar-refractivity contribution in [3.8, 4) is 5.75 Å². The molecule has 0 aromatic heterocycles. The standard InChI is InChI=1S/C15H20F3NO2/c1-10(19-11(2)14-4-3-9-20-14)12-5-7-13(8-6-12)21-15(16,17)18/h5-8,10-11,14,19H,3-4,9H2,1-2H3. The van der Waals surface area contributed by atoms with Gasteiger partial charge in [-0.05, 0) is 44.4 Å². The normalized spacial score (nSPS) is 22.0. The fourth-order valence-electron chi connectivity index (χ4n) is 2.55. The number of halogens is 3. The molecule has 1 N–H and O–H groups in total. The molecule has 2 rings (SSSR count). The topological polar surface area (TPSA) is 30.5 Å². The van der Waals surface area contributed by atoms with Gasteiger partial charge >= 0.3 is 6.36 Å². The summed E-state index contributed by atoms with van der Waals surface area (Å²) in [6.07, 6.45) is -2.33. The molecule has 1 aromatic carbocycles. The van der Waals surface area contributed by atoms with Gasteiger partial charge in [0.1, 0.15) is 5.75 Å². The van der Waals surface area contributed by atoms with Crippen LogP contribution in [0.5, 0.6) is 5.75 Å². The minimum Gasteiger partial charge on any atom is -0.406 e. The summed E-state index contributed by atoms with van der Waals surface area (Å²) in [6.45, 7) is 4.84. The van der Waals surface area contributed by atoms with Crippen LogP contribution in [-0.2, 0) is 4.74 Å². The van der Waals surface area contributed by atoms with Crippen LogP contribution < -0.4 is 10.1 Å². The molecule has 1 aliphatic heterocycles. The highest BCUT2D eigenvalue weighted by Crippen LogP contribution is 2.25. The highest BCUT2D eigenvalue weighted by Gasteiger charge is 2.31. The Kier molecular flexibility index (Phi) is 5.11. The monoisotopic (exact) mass is 303 g/mol. The zero-order chi connectivity index (χ0) is 15.5. The van der Waals surface area contributed by atoms with Crippen molar-refractivity contribution in [1.82, 2.24) is 5.32 Å². The highest BCUT2D eigenvalue weighted by molar-refractivity contribution is 5.29. The molecule has 1 heterocycles. The van der Waals surface area contributed by atoms with Gasteiger partial charge in [0, 0.05) is 18.7 Å². The SMILES string of the molecule is CC(NC(C)C1CCCO1)c1ccc(OC(F)(F)F)cc1. The molecular formula is C15H20F3NO2. The van der Waals surface area contributed by atoms with Gasteiger partial charge in [-0.1, -0.05) is 12.1 Å². The summed E-state index contributed by atoms with van der Waals surface area (Å²) >= 11 is 0. The Morgan fingerprint density at radius 1 is 1.24 bits per heavy atom. The van der Waals surface area contributed by atoms with E-state index in [1.807, 2.05) is 6.92 Å². The molecule has 0 spiro atoms. The molecule has 3 nitrogen and oxygen atoms in total. The third kappa shape index (κ3) is 4.89. The first-order valence-electron chi connectivity index (χ1n) is 7.08. The molecule has 0 radical (unpaired) electrons. The molecule has 0 aliphatic carbocycles. The van der Waals surface area contributed by atoms with Gasteiger partial charge in [-0.25, -0.2) is 0 Å². The van der Waals surface area contributed by atoms with E-state index < -0.39 is 6.36 Å². The summed E-state index contributed by atoms with van der Waals surface area (Å²) in [5.74, 6) is -0.203. The summed E-state index contributed by atoms with van der Waals surface area (Å²) in [5, 5.41) is 3.42. The quantitative estimate of drug-likeness (QED) is 0.897. The van der Waals surface area contributed by atoms with Crippen molar-refractivity contribution in [2.24, 2.45) is 0 Å². The minimum atomic E-state index is -4.65. The number of benzene rings is 1. The van der Waals surface area contributed by atoms with E-state index in [-0.39, 0.29) is 23.9 Å². The predicted molar refractivity (Wildman–Crippen MR) is 73.1 cm³/mol. The minimum absolute atomic E-state index is 0.0316. The van der Waals surface area contributed by atoms with Crippen LogP contribution in [0.3, 0.4) is 0 Å². The van der Waals surface area contributed by atoms with Gasteiger partial charge < -0.3 is 14.8 Å². The number of hydrogen-bond acceptors (Lipinski definition) is 3. The molecular weight excluding hydrogens is 283 g/mol. The van der Waals surface area contributed by atoms with Crippen LogP contribution >= 0.6 is 0 Å². The second kappa shape index (κ2) is 6.66. The molecule has 6 heteroatoms. The second-order valence-electron chi connectivity index (χ2n) is 5.35. The first-order valence-corrected chi connectivity index (χ1v) is 7.08. The van der Waals surface area contributed by atoms with Crippen LogP contribution in [0.2, 0.25) is 0 Å². The lowest BCUT2D eigenvalue weighted by Gasteiger charge is -2.24. The smallest absolute Gasteiger partial charge is 0.406 e. The van der Waals surface area contributed by atoms with Crippen LogP contribution in [0.4, 0.5) is 13.2 Å². The van der Waals surface area contributed by atoms with Crippen LogP contribution in [-0.4, -0.2) is 25.1 Å². The van der Waals surface area contributed by atoms with E-state index in [1.54, 1.807) is 12.1 Å². The van der Waals surface area contributed by atoms with Crippen molar-refractivity contribution >= 4 is 0 Å². The first-order chi connectivity index (χ1) is 9.85. The van der Waals surface area contributed by atoms with E-state index in [4.69, 9.17) is 4.74 Å².